The van der Waals surface area contributed by atoms with Crippen molar-refractivity contribution in [2.75, 3.05) is 6.61 Å². The first-order valence-electron chi connectivity index (χ1n) is 5.02. The molecule has 0 spiro atoms. The van der Waals surface area contributed by atoms with E-state index in [1.54, 1.807) is 12.3 Å². The topological polar surface area (TPSA) is 22.1 Å². The van der Waals surface area contributed by atoms with Crippen molar-refractivity contribution in [2.24, 2.45) is 5.92 Å². The van der Waals surface area contributed by atoms with Crippen LogP contribution in [-0.4, -0.2) is 17.8 Å². The third-order valence-electron chi connectivity index (χ3n) is 1.84. The van der Waals surface area contributed by atoms with Crippen LogP contribution in [-0.2, 0) is 6.42 Å². The van der Waals surface area contributed by atoms with Gasteiger partial charge in [-0.1, -0.05) is 13.8 Å². The molecule has 0 aliphatic rings. The van der Waals surface area contributed by atoms with Crippen LogP contribution in [0.2, 0.25) is 0 Å². The Morgan fingerprint density at radius 2 is 2.06 bits per heavy atom. The van der Waals surface area contributed by atoms with Gasteiger partial charge in [-0.15, -0.1) is 0 Å². The van der Waals surface area contributed by atoms with Gasteiger partial charge in [0.15, 0.2) is 6.61 Å². The first-order valence-corrected chi connectivity index (χ1v) is 5.02. The van der Waals surface area contributed by atoms with Crippen LogP contribution in [0.4, 0.5) is 13.2 Å². The van der Waals surface area contributed by atoms with E-state index in [1.165, 1.54) is 6.07 Å². The van der Waals surface area contributed by atoms with Crippen LogP contribution in [0, 0.1) is 5.92 Å². The Morgan fingerprint density at radius 3 is 2.62 bits per heavy atom. The van der Waals surface area contributed by atoms with Crippen molar-refractivity contribution in [3.05, 3.63) is 24.0 Å². The maximum absolute atomic E-state index is 12.0. The lowest BCUT2D eigenvalue weighted by Crippen LogP contribution is -2.20. The highest BCUT2D eigenvalue weighted by molar-refractivity contribution is 5.27. The van der Waals surface area contributed by atoms with Crippen molar-refractivity contribution in [3.63, 3.8) is 0 Å². The molecule has 0 aliphatic heterocycles. The normalized spacial score (nSPS) is 11.9. The quantitative estimate of drug-likeness (QED) is 0.796. The summed E-state index contributed by atoms with van der Waals surface area (Å²) < 4.78 is 40.7. The molecule has 0 saturated heterocycles. The summed E-state index contributed by atoms with van der Waals surface area (Å²) in [6, 6.07) is 3.08. The molecule has 0 unspecified atom stereocenters. The molecule has 5 heteroatoms. The van der Waals surface area contributed by atoms with Crippen molar-refractivity contribution in [3.8, 4) is 5.75 Å². The Hall–Kier alpha value is -1.26. The van der Waals surface area contributed by atoms with Gasteiger partial charge in [0.1, 0.15) is 5.75 Å². The Kier molecular flexibility index (Phi) is 4.15. The third-order valence-corrected chi connectivity index (χ3v) is 1.84. The second kappa shape index (κ2) is 5.18. The van der Waals surface area contributed by atoms with Crippen LogP contribution in [0.1, 0.15) is 19.5 Å². The Balaban J connectivity index is 2.71. The highest BCUT2D eigenvalue weighted by atomic mass is 19.4. The van der Waals surface area contributed by atoms with Gasteiger partial charge >= 0.3 is 6.18 Å². The summed E-state index contributed by atoms with van der Waals surface area (Å²) in [5.41, 5.74) is 0.571. The maximum Gasteiger partial charge on any atom is 0.422 e. The number of pyridine rings is 1. The minimum Gasteiger partial charge on any atom is -0.482 e. The predicted molar refractivity (Wildman–Crippen MR) is 54.3 cm³/mol. The van der Waals surface area contributed by atoms with E-state index in [-0.39, 0.29) is 5.75 Å². The average molecular weight is 233 g/mol. The molecule has 0 aliphatic carbocycles. The fourth-order valence-corrected chi connectivity index (χ4v) is 1.25. The van der Waals surface area contributed by atoms with Crippen molar-refractivity contribution in [1.29, 1.82) is 0 Å². The van der Waals surface area contributed by atoms with E-state index in [4.69, 9.17) is 4.74 Å². The lowest BCUT2D eigenvalue weighted by molar-refractivity contribution is -0.153. The minimum atomic E-state index is -4.31. The SMILES string of the molecule is CC(C)Cc1ncccc1OCC(F)(F)F. The van der Waals surface area contributed by atoms with Crippen molar-refractivity contribution in [2.45, 2.75) is 26.4 Å². The highest BCUT2D eigenvalue weighted by Gasteiger charge is 2.28. The van der Waals surface area contributed by atoms with E-state index in [2.05, 4.69) is 4.98 Å². The van der Waals surface area contributed by atoms with E-state index in [1.807, 2.05) is 13.8 Å². The minimum absolute atomic E-state index is 0.216. The molecule has 1 heterocycles. The van der Waals surface area contributed by atoms with Gasteiger partial charge in [0.25, 0.3) is 0 Å². The lowest BCUT2D eigenvalue weighted by atomic mass is 10.1. The second-order valence-electron chi connectivity index (χ2n) is 3.95. The predicted octanol–water partition coefficient (Wildman–Crippen LogP) is 3.22. The van der Waals surface area contributed by atoms with Gasteiger partial charge in [-0.25, -0.2) is 0 Å². The fourth-order valence-electron chi connectivity index (χ4n) is 1.25. The number of alkyl halides is 3. The third kappa shape index (κ3) is 4.51. The van der Waals surface area contributed by atoms with Gasteiger partial charge in [0.05, 0.1) is 5.69 Å². The Bertz CT molecular complexity index is 336. The van der Waals surface area contributed by atoms with E-state index in [9.17, 15) is 13.2 Å². The average Bonchev–Trinajstić information content (AvgIpc) is 2.14. The molecule has 0 radical (unpaired) electrons. The van der Waals surface area contributed by atoms with Crippen LogP contribution in [0.25, 0.3) is 0 Å². The fraction of sp³-hybridized carbons (Fsp3) is 0.545. The molecule has 0 amide bonds. The van der Waals surface area contributed by atoms with Crippen LogP contribution in [0.15, 0.2) is 18.3 Å². The number of aromatic nitrogens is 1. The smallest absolute Gasteiger partial charge is 0.422 e. The van der Waals surface area contributed by atoms with Crippen LogP contribution < -0.4 is 4.74 Å². The number of halogens is 3. The molecular formula is C11H14F3NO. The van der Waals surface area contributed by atoms with Gasteiger partial charge in [-0.2, -0.15) is 13.2 Å². The van der Waals surface area contributed by atoms with Gasteiger partial charge < -0.3 is 4.74 Å². The van der Waals surface area contributed by atoms with E-state index < -0.39 is 12.8 Å². The zero-order valence-electron chi connectivity index (χ0n) is 9.21. The summed E-state index contributed by atoms with van der Waals surface area (Å²) in [4.78, 5) is 4.03. The highest BCUT2D eigenvalue weighted by Crippen LogP contribution is 2.22. The molecule has 0 N–H and O–H groups in total. The first-order chi connectivity index (χ1) is 7.38. The zero-order chi connectivity index (χ0) is 12.2. The summed E-state index contributed by atoms with van der Waals surface area (Å²) in [5, 5.41) is 0. The monoisotopic (exact) mass is 233 g/mol. The number of ether oxygens (including phenoxy) is 1. The Morgan fingerprint density at radius 1 is 1.38 bits per heavy atom. The summed E-state index contributed by atoms with van der Waals surface area (Å²) >= 11 is 0. The van der Waals surface area contributed by atoms with Crippen LogP contribution in [0.3, 0.4) is 0 Å². The van der Waals surface area contributed by atoms with Gasteiger partial charge in [-0.05, 0) is 24.5 Å². The van der Waals surface area contributed by atoms with Crippen molar-refractivity contribution < 1.29 is 17.9 Å². The molecule has 1 aromatic heterocycles. The molecule has 1 rings (SSSR count). The van der Waals surface area contributed by atoms with Gasteiger partial charge in [0.2, 0.25) is 0 Å². The number of rotatable bonds is 4. The molecule has 16 heavy (non-hydrogen) atoms. The van der Waals surface area contributed by atoms with E-state index >= 15 is 0 Å². The van der Waals surface area contributed by atoms with Gasteiger partial charge in [-0.3, -0.25) is 4.98 Å². The molecule has 0 atom stereocenters. The standard InChI is InChI=1S/C11H14F3NO/c1-8(2)6-9-10(4-3-5-15-9)16-7-11(12,13)14/h3-5,8H,6-7H2,1-2H3. The van der Waals surface area contributed by atoms with Crippen LogP contribution in [0.5, 0.6) is 5.75 Å². The molecule has 0 bridgehead atoms. The summed E-state index contributed by atoms with van der Waals surface area (Å²) in [7, 11) is 0. The lowest BCUT2D eigenvalue weighted by Gasteiger charge is -2.13. The number of nitrogens with zero attached hydrogens (tertiary/aromatic N) is 1. The maximum atomic E-state index is 12.0. The number of hydrogen-bond acceptors (Lipinski definition) is 2. The zero-order valence-corrected chi connectivity index (χ0v) is 9.21. The largest absolute Gasteiger partial charge is 0.482 e. The van der Waals surface area contributed by atoms with Gasteiger partial charge in [0, 0.05) is 6.20 Å². The summed E-state index contributed by atoms with van der Waals surface area (Å²) in [5.74, 6) is 0.539. The number of hydrogen-bond donors (Lipinski definition) is 0. The molecule has 0 fully saturated rings. The molecule has 1 aromatic rings. The molecule has 90 valence electrons. The van der Waals surface area contributed by atoms with Crippen LogP contribution >= 0.6 is 0 Å². The van der Waals surface area contributed by atoms with Crippen molar-refractivity contribution in [1.82, 2.24) is 4.98 Å². The first kappa shape index (κ1) is 12.8. The Labute approximate surface area is 92.5 Å². The van der Waals surface area contributed by atoms with Crippen molar-refractivity contribution >= 4 is 0 Å². The second-order valence-corrected chi connectivity index (χ2v) is 3.95. The summed E-state index contributed by atoms with van der Waals surface area (Å²) in [6.45, 7) is 2.67. The molecule has 0 aromatic carbocycles. The molecular weight excluding hydrogens is 219 g/mol. The summed E-state index contributed by atoms with van der Waals surface area (Å²) in [6.07, 6.45) is -2.16. The molecule has 2 nitrogen and oxygen atoms in total. The van der Waals surface area contributed by atoms with E-state index in [0.717, 1.165) is 0 Å². The molecule has 0 saturated carbocycles. The van der Waals surface area contributed by atoms with E-state index in [0.29, 0.717) is 18.0 Å².